The molecule has 1 heterocycles. The van der Waals surface area contributed by atoms with Crippen molar-refractivity contribution < 1.29 is 4.79 Å². The van der Waals surface area contributed by atoms with Crippen LogP contribution in [0.25, 0.3) is 0 Å². The molecule has 2 N–H and O–H groups in total. The third-order valence-electron chi connectivity index (χ3n) is 3.28. The molecule has 0 saturated carbocycles. The monoisotopic (exact) mass is 256 g/mol. The molecule has 0 atom stereocenters. The van der Waals surface area contributed by atoms with Crippen LogP contribution in [-0.2, 0) is 4.79 Å². The van der Waals surface area contributed by atoms with Gasteiger partial charge in [0.25, 0.3) is 0 Å². The Morgan fingerprint density at radius 2 is 2.11 bits per heavy atom. The summed E-state index contributed by atoms with van der Waals surface area (Å²) in [5.41, 5.74) is 8.42. The summed E-state index contributed by atoms with van der Waals surface area (Å²) < 4.78 is 0. The van der Waals surface area contributed by atoms with Crippen molar-refractivity contribution in [3.05, 3.63) is 29.3 Å². The van der Waals surface area contributed by atoms with E-state index in [1.165, 1.54) is 0 Å². The zero-order chi connectivity index (χ0) is 13.7. The molecule has 0 aliphatic carbocycles. The minimum atomic E-state index is 0.223. The van der Waals surface area contributed by atoms with Crippen molar-refractivity contribution >= 4 is 11.6 Å². The molecule has 3 heteroatoms. The molecule has 1 aromatic rings. The quantitative estimate of drug-likeness (QED) is 0.783. The van der Waals surface area contributed by atoms with E-state index in [2.05, 4.69) is 17.9 Å². The predicted octanol–water partition coefficient (Wildman–Crippen LogP) is 2.21. The Morgan fingerprint density at radius 3 is 2.89 bits per heavy atom. The second-order valence-corrected chi connectivity index (χ2v) is 4.92. The van der Waals surface area contributed by atoms with Gasteiger partial charge < -0.3 is 10.6 Å². The molecule has 1 aliphatic rings. The van der Waals surface area contributed by atoms with E-state index in [0.717, 1.165) is 42.6 Å². The lowest BCUT2D eigenvalue weighted by atomic mass is 10.1. The van der Waals surface area contributed by atoms with Gasteiger partial charge in [-0.1, -0.05) is 18.3 Å². The minimum absolute atomic E-state index is 0.223. The highest BCUT2D eigenvalue weighted by Gasteiger charge is 2.18. The molecule has 0 radical (unpaired) electrons. The zero-order valence-corrected chi connectivity index (χ0v) is 11.4. The van der Waals surface area contributed by atoms with Crippen LogP contribution in [0.2, 0.25) is 0 Å². The predicted molar refractivity (Wildman–Crippen MR) is 77.9 cm³/mol. The second kappa shape index (κ2) is 6.40. The largest absolute Gasteiger partial charge is 0.320 e. The number of anilines is 1. The summed E-state index contributed by atoms with van der Waals surface area (Å²) in [6.07, 6.45) is 3.86. The van der Waals surface area contributed by atoms with Gasteiger partial charge in [-0.05, 0) is 43.5 Å². The van der Waals surface area contributed by atoms with E-state index in [1.807, 2.05) is 24.0 Å². The highest BCUT2D eigenvalue weighted by atomic mass is 16.2. The lowest BCUT2D eigenvalue weighted by Gasteiger charge is -2.21. The SMILES string of the molecule is Cc1cc(C#CCN)cc(N2CCCCCC2=O)c1. The van der Waals surface area contributed by atoms with Crippen LogP contribution >= 0.6 is 0 Å². The summed E-state index contributed by atoms with van der Waals surface area (Å²) in [6.45, 7) is 3.19. The maximum Gasteiger partial charge on any atom is 0.226 e. The third-order valence-corrected chi connectivity index (χ3v) is 3.28. The maximum atomic E-state index is 12.1. The van der Waals surface area contributed by atoms with Crippen molar-refractivity contribution in [1.82, 2.24) is 0 Å². The second-order valence-electron chi connectivity index (χ2n) is 4.92. The third kappa shape index (κ3) is 3.59. The van der Waals surface area contributed by atoms with Crippen LogP contribution in [0.5, 0.6) is 0 Å². The Hall–Kier alpha value is -1.79. The summed E-state index contributed by atoms with van der Waals surface area (Å²) in [5, 5.41) is 0. The van der Waals surface area contributed by atoms with E-state index in [1.54, 1.807) is 0 Å². The number of benzene rings is 1. The van der Waals surface area contributed by atoms with Crippen molar-refractivity contribution in [3.63, 3.8) is 0 Å². The van der Waals surface area contributed by atoms with E-state index in [4.69, 9.17) is 5.73 Å². The zero-order valence-electron chi connectivity index (χ0n) is 11.4. The van der Waals surface area contributed by atoms with Gasteiger partial charge in [0.1, 0.15) is 0 Å². The van der Waals surface area contributed by atoms with Crippen molar-refractivity contribution in [1.29, 1.82) is 0 Å². The topological polar surface area (TPSA) is 46.3 Å². The smallest absolute Gasteiger partial charge is 0.226 e. The Labute approximate surface area is 114 Å². The lowest BCUT2D eigenvalue weighted by molar-refractivity contribution is -0.118. The Kier molecular flexibility index (Phi) is 4.59. The van der Waals surface area contributed by atoms with Gasteiger partial charge in [0.15, 0.2) is 0 Å². The molecule has 1 amide bonds. The maximum absolute atomic E-state index is 12.1. The van der Waals surface area contributed by atoms with Crippen LogP contribution in [0.15, 0.2) is 18.2 Å². The molecule has 0 unspecified atom stereocenters. The van der Waals surface area contributed by atoms with Gasteiger partial charge in [0.05, 0.1) is 6.54 Å². The van der Waals surface area contributed by atoms with E-state index in [9.17, 15) is 4.79 Å². The van der Waals surface area contributed by atoms with E-state index < -0.39 is 0 Å². The van der Waals surface area contributed by atoms with E-state index >= 15 is 0 Å². The van der Waals surface area contributed by atoms with Gasteiger partial charge in [-0.3, -0.25) is 4.79 Å². The molecule has 2 rings (SSSR count). The van der Waals surface area contributed by atoms with Gasteiger partial charge in [0.2, 0.25) is 5.91 Å². The highest BCUT2D eigenvalue weighted by molar-refractivity contribution is 5.93. The normalized spacial score (nSPS) is 15.7. The van der Waals surface area contributed by atoms with Crippen molar-refractivity contribution in [2.45, 2.75) is 32.6 Å². The first-order chi connectivity index (χ1) is 9.20. The number of nitrogens with two attached hydrogens (primary N) is 1. The molecule has 19 heavy (non-hydrogen) atoms. The number of hydrogen-bond donors (Lipinski definition) is 1. The number of aryl methyl sites for hydroxylation is 1. The first-order valence-electron chi connectivity index (χ1n) is 6.81. The summed E-state index contributed by atoms with van der Waals surface area (Å²) >= 11 is 0. The van der Waals surface area contributed by atoms with Gasteiger partial charge in [0, 0.05) is 24.2 Å². The van der Waals surface area contributed by atoms with Crippen molar-refractivity contribution in [3.8, 4) is 11.8 Å². The Balaban J connectivity index is 2.32. The van der Waals surface area contributed by atoms with Gasteiger partial charge in [-0.25, -0.2) is 0 Å². The average molecular weight is 256 g/mol. The summed E-state index contributed by atoms with van der Waals surface area (Å²) in [5.74, 6) is 6.12. The average Bonchev–Trinajstić information content (AvgIpc) is 2.60. The van der Waals surface area contributed by atoms with Crippen molar-refractivity contribution in [2.75, 3.05) is 18.0 Å². The van der Waals surface area contributed by atoms with E-state index in [-0.39, 0.29) is 5.91 Å². The Bertz CT molecular complexity index is 525. The number of rotatable bonds is 1. The van der Waals surface area contributed by atoms with Crippen molar-refractivity contribution in [2.24, 2.45) is 5.73 Å². The van der Waals surface area contributed by atoms with Crippen LogP contribution in [0.1, 0.15) is 36.8 Å². The van der Waals surface area contributed by atoms with E-state index in [0.29, 0.717) is 13.0 Å². The molecule has 1 aromatic carbocycles. The van der Waals surface area contributed by atoms with Gasteiger partial charge in [-0.2, -0.15) is 0 Å². The highest BCUT2D eigenvalue weighted by Crippen LogP contribution is 2.23. The standard InChI is InChI=1S/C16H20N2O/c1-13-10-14(6-5-8-17)12-15(11-13)18-9-4-2-3-7-16(18)19/h10-12H,2-4,7-9,17H2,1H3. The van der Waals surface area contributed by atoms with Crippen LogP contribution in [-0.4, -0.2) is 19.0 Å². The van der Waals surface area contributed by atoms with Crippen LogP contribution in [0, 0.1) is 18.8 Å². The fourth-order valence-electron chi connectivity index (χ4n) is 2.40. The minimum Gasteiger partial charge on any atom is -0.320 e. The molecular weight excluding hydrogens is 236 g/mol. The van der Waals surface area contributed by atoms with Crippen LogP contribution in [0.3, 0.4) is 0 Å². The molecule has 3 nitrogen and oxygen atoms in total. The molecule has 1 fully saturated rings. The number of nitrogens with zero attached hydrogens (tertiary/aromatic N) is 1. The molecule has 1 saturated heterocycles. The molecule has 1 aliphatic heterocycles. The fourth-order valence-corrected chi connectivity index (χ4v) is 2.40. The first kappa shape index (κ1) is 13.6. The molecule has 0 bridgehead atoms. The first-order valence-corrected chi connectivity index (χ1v) is 6.81. The Morgan fingerprint density at radius 1 is 1.26 bits per heavy atom. The number of amides is 1. The summed E-state index contributed by atoms with van der Waals surface area (Å²) in [4.78, 5) is 14.0. The molecule has 0 spiro atoms. The van der Waals surface area contributed by atoms with Gasteiger partial charge >= 0.3 is 0 Å². The number of carbonyl (C=O) groups excluding carboxylic acids is 1. The molecule has 0 aromatic heterocycles. The number of carbonyl (C=O) groups is 1. The molecule has 100 valence electrons. The fraction of sp³-hybridized carbons (Fsp3) is 0.438. The molecular formula is C16H20N2O. The summed E-state index contributed by atoms with van der Waals surface area (Å²) in [6, 6.07) is 6.06. The van der Waals surface area contributed by atoms with Crippen LogP contribution < -0.4 is 10.6 Å². The summed E-state index contributed by atoms with van der Waals surface area (Å²) in [7, 11) is 0. The number of hydrogen-bond acceptors (Lipinski definition) is 2. The van der Waals surface area contributed by atoms with Gasteiger partial charge in [-0.15, -0.1) is 0 Å². The van der Waals surface area contributed by atoms with Crippen LogP contribution in [0.4, 0.5) is 5.69 Å². The lowest BCUT2D eigenvalue weighted by Crippen LogP contribution is -2.30.